The van der Waals surface area contributed by atoms with Gasteiger partial charge < -0.3 is 18.5 Å². The second kappa shape index (κ2) is 14.7. The molecule has 208 valence electrons. The maximum Gasteiger partial charge on any atom is 0.333 e. The van der Waals surface area contributed by atoms with Crippen LogP contribution < -0.4 is 0 Å². The summed E-state index contributed by atoms with van der Waals surface area (Å²) in [7, 11) is 0.165. The summed E-state index contributed by atoms with van der Waals surface area (Å²) in [5.41, 5.74) is 3.85. The Labute approximate surface area is 243 Å². The molecule has 0 saturated heterocycles. The van der Waals surface area contributed by atoms with Gasteiger partial charge >= 0.3 is 8.60 Å². The third kappa shape index (κ3) is 8.32. The highest BCUT2D eigenvalue weighted by Gasteiger charge is 2.25. The van der Waals surface area contributed by atoms with E-state index in [2.05, 4.69) is 12.1 Å². The first-order valence-corrected chi connectivity index (χ1v) is 14.8. The Balaban J connectivity index is 1.32. The van der Waals surface area contributed by atoms with Crippen LogP contribution in [0, 0.1) is 0 Å². The van der Waals surface area contributed by atoms with E-state index in [1.807, 2.05) is 128 Å². The van der Waals surface area contributed by atoms with E-state index in [9.17, 15) is 4.79 Å². The number of fused-ring (bicyclic) bond motifs is 1. The molecule has 0 spiro atoms. The molecule has 0 saturated carbocycles. The molecule has 0 N–H and O–H groups in total. The number of carbonyl (C=O) groups is 1. The maximum absolute atomic E-state index is 13.7. The topological polar surface area (TPSA) is 48.0 Å². The SMILES string of the molecule is CN(C(=O)c1ccc2ccccc2c1)C(COP(OCc1ccccc1)OCc1ccccc1)Cc1ccccc1. The molecule has 0 aromatic heterocycles. The normalized spacial score (nSPS) is 12.0. The molecular weight excluding hydrogens is 529 g/mol. The van der Waals surface area contributed by atoms with E-state index in [1.54, 1.807) is 4.90 Å². The zero-order valence-corrected chi connectivity index (χ0v) is 24.0. The van der Waals surface area contributed by atoms with Crippen molar-refractivity contribution < 1.29 is 18.4 Å². The minimum Gasteiger partial charge on any atom is -0.336 e. The summed E-state index contributed by atoms with van der Waals surface area (Å²) in [5, 5.41) is 2.14. The lowest BCUT2D eigenvalue weighted by Crippen LogP contribution is -2.41. The van der Waals surface area contributed by atoms with Crippen LogP contribution in [-0.4, -0.2) is 30.5 Å². The van der Waals surface area contributed by atoms with Crippen LogP contribution in [0.1, 0.15) is 27.0 Å². The fourth-order valence-electron chi connectivity index (χ4n) is 4.55. The molecule has 0 aliphatic heterocycles. The number of rotatable bonds is 13. The van der Waals surface area contributed by atoms with E-state index >= 15 is 0 Å². The quantitative estimate of drug-likeness (QED) is 0.136. The van der Waals surface area contributed by atoms with Crippen molar-refractivity contribution in [2.45, 2.75) is 25.7 Å². The van der Waals surface area contributed by atoms with Crippen molar-refractivity contribution in [3.8, 4) is 0 Å². The van der Waals surface area contributed by atoms with E-state index in [1.165, 1.54) is 0 Å². The number of nitrogens with zero attached hydrogens (tertiary/aromatic N) is 1. The third-order valence-corrected chi connectivity index (χ3v) is 7.95. The van der Waals surface area contributed by atoms with Crippen LogP contribution in [0.3, 0.4) is 0 Å². The molecule has 6 heteroatoms. The molecule has 5 aromatic carbocycles. The van der Waals surface area contributed by atoms with Crippen molar-refractivity contribution in [3.05, 3.63) is 156 Å². The number of hydrogen-bond donors (Lipinski definition) is 0. The highest BCUT2D eigenvalue weighted by molar-refractivity contribution is 7.41. The minimum absolute atomic E-state index is 0.0555. The smallest absolute Gasteiger partial charge is 0.333 e. The lowest BCUT2D eigenvalue weighted by molar-refractivity contribution is 0.0638. The van der Waals surface area contributed by atoms with Crippen LogP contribution in [0.25, 0.3) is 10.8 Å². The van der Waals surface area contributed by atoms with E-state index in [4.69, 9.17) is 13.6 Å². The average Bonchev–Trinajstić information content (AvgIpc) is 3.04. The second-order valence-corrected chi connectivity index (χ2v) is 11.1. The van der Waals surface area contributed by atoms with Gasteiger partial charge in [0, 0.05) is 12.6 Å². The van der Waals surface area contributed by atoms with Crippen LogP contribution in [-0.2, 0) is 33.2 Å². The predicted octanol–water partition coefficient (Wildman–Crippen LogP) is 8.20. The van der Waals surface area contributed by atoms with Crippen LogP contribution in [0.4, 0.5) is 0 Å². The molecule has 5 nitrogen and oxygen atoms in total. The summed E-state index contributed by atoms with van der Waals surface area (Å²) in [6, 6.07) is 43.8. The van der Waals surface area contributed by atoms with E-state index < -0.39 is 8.60 Å². The van der Waals surface area contributed by atoms with Gasteiger partial charge in [0.05, 0.1) is 25.9 Å². The molecule has 0 heterocycles. The summed E-state index contributed by atoms with van der Waals surface area (Å²) >= 11 is 0. The molecule has 41 heavy (non-hydrogen) atoms. The van der Waals surface area contributed by atoms with Crippen LogP contribution >= 0.6 is 8.60 Å². The van der Waals surface area contributed by atoms with Gasteiger partial charge in [-0.05, 0) is 46.0 Å². The van der Waals surface area contributed by atoms with E-state index in [0.717, 1.165) is 27.5 Å². The van der Waals surface area contributed by atoms with Crippen molar-refractivity contribution >= 4 is 25.3 Å². The molecule has 0 radical (unpaired) electrons. The Morgan fingerprint density at radius 1 is 0.634 bits per heavy atom. The molecule has 5 aromatic rings. The zero-order valence-electron chi connectivity index (χ0n) is 23.1. The molecule has 0 aliphatic carbocycles. The summed E-state index contributed by atoms with van der Waals surface area (Å²) in [4.78, 5) is 15.5. The number of carbonyl (C=O) groups excluding carboxylic acids is 1. The summed E-state index contributed by atoms with van der Waals surface area (Å²) < 4.78 is 18.6. The van der Waals surface area contributed by atoms with Crippen molar-refractivity contribution in [1.82, 2.24) is 4.90 Å². The number of hydrogen-bond acceptors (Lipinski definition) is 4. The largest absolute Gasteiger partial charge is 0.336 e. The molecule has 0 fully saturated rings. The first-order chi connectivity index (χ1) is 20.2. The predicted molar refractivity (Wildman–Crippen MR) is 165 cm³/mol. The average molecular weight is 564 g/mol. The van der Waals surface area contributed by atoms with Crippen molar-refractivity contribution in [1.29, 1.82) is 0 Å². The monoisotopic (exact) mass is 563 g/mol. The first kappa shape index (κ1) is 28.7. The van der Waals surface area contributed by atoms with Gasteiger partial charge in [-0.25, -0.2) is 0 Å². The number of amides is 1. The molecule has 0 aliphatic rings. The van der Waals surface area contributed by atoms with Crippen molar-refractivity contribution in [2.24, 2.45) is 0 Å². The molecule has 1 atom stereocenters. The highest BCUT2D eigenvalue weighted by Crippen LogP contribution is 2.42. The van der Waals surface area contributed by atoms with E-state index in [0.29, 0.717) is 25.2 Å². The molecular formula is C35H34NO4P. The first-order valence-electron chi connectivity index (χ1n) is 13.7. The molecule has 1 unspecified atom stereocenters. The van der Waals surface area contributed by atoms with E-state index in [-0.39, 0.29) is 18.6 Å². The Hall–Kier alpha value is -3.86. The Kier molecular flexibility index (Phi) is 10.3. The fraction of sp³-hybridized carbons (Fsp3) is 0.171. The molecule has 0 bridgehead atoms. The van der Waals surface area contributed by atoms with Crippen LogP contribution in [0.15, 0.2) is 133 Å². The van der Waals surface area contributed by atoms with Gasteiger partial charge in [0.25, 0.3) is 5.91 Å². The Morgan fingerprint density at radius 2 is 1.15 bits per heavy atom. The number of benzene rings is 5. The third-order valence-electron chi connectivity index (χ3n) is 6.91. The standard InChI is InChI=1S/C35H34NO4P/c1-36(35(37)33-22-21-31-19-11-12-20-32(31)24-33)34(23-28-13-5-2-6-14-28)27-40-41(38-25-29-15-7-3-8-16-29)39-26-30-17-9-4-10-18-30/h2-22,24,34H,23,25-27H2,1H3. The van der Waals surface area contributed by atoms with Gasteiger partial charge in [0.15, 0.2) is 0 Å². The maximum atomic E-state index is 13.7. The van der Waals surface area contributed by atoms with Gasteiger partial charge in [0.1, 0.15) is 0 Å². The van der Waals surface area contributed by atoms with Crippen LogP contribution in [0.5, 0.6) is 0 Å². The highest BCUT2D eigenvalue weighted by atomic mass is 31.2. The van der Waals surface area contributed by atoms with Crippen molar-refractivity contribution in [3.63, 3.8) is 0 Å². The Morgan fingerprint density at radius 3 is 1.73 bits per heavy atom. The zero-order chi connectivity index (χ0) is 28.3. The summed E-state index contributed by atoms with van der Waals surface area (Å²) in [6.07, 6.45) is 0.636. The molecule has 1 amide bonds. The van der Waals surface area contributed by atoms with Gasteiger partial charge in [-0.15, -0.1) is 0 Å². The van der Waals surface area contributed by atoms with Crippen LogP contribution in [0.2, 0.25) is 0 Å². The van der Waals surface area contributed by atoms with Gasteiger partial charge in [-0.3, -0.25) is 4.79 Å². The lowest BCUT2D eigenvalue weighted by atomic mass is 10.0. The van der Waals surface area contributed by atoms with Gasteiger partial charge in [0.2, 0.25) is 0 Å². The Bertz CT molecular complexity index is 1470. The van der Waals surface area contributed by atoms with Crippen molar-refractivity contribution in [2.75, 3.05) is 13.7 Å². The molecule has 5 rings (SSSR count). The summed E-state index contributed by atoms with van der Waals surface area (Å²) in [5.74, 6) is -0.0555. The fourth-order valence-corrected chi connectivity index (χ4v) is 5.57. The minimum atomic E-state index is -1.67. The van der Waals surface area contributed by atoms with Gasteiger partial charge in [-0.1, -0.05) is 121 Å². The summed E-state index contributed by atoms with van der Waals surface area (Å²) in [6.45, 7) is 1.01. The number of likely N-dealkylation sites (N-methyl/N-ethyl adjacent to an activating group) is 1. The second-order valence-electron chi connectivity index (χ2n) is 9.86. The lowest BCUT2D eigenvalue weighted by Gasteiger charge is -2.29. The van der Waals surface area contributed by atoms with Gasteiger partial charge in [-0.2, -0.15) is 0 Å².